The molecule has 166 valence electrons. The van der Waals surface area contributed by atoms with E-state index in [2.05, 4.69) is 41.8 Å². The van der Waals surface area contributed by atoms with Crippen LogP contribution in [0.3, 0.4) is 0 Å². The van der Waals surface area contributed by atoms with Crippen LogP contribution in [0.2, 0.25) is 0 Å². The Balaban J connectivity index is 1.60. The van der Waals surface area contributed by atoms with Crippen molar-refractivity contribution in [1.29, 1.82) is 0 Å². The average molecular weight is 426 g/mol. The summed E-state index contributed by atoms with van der Waals surface area (Å²) < 4.78 is 0. The van der Waals surface area contributed by atoms with Crippen LogP contribution in [0.5, 0.6) is 0 Å². The second-order valence-electron chi connectivity index (χ2n) is 7.63. The van der Waals surface area contributed by atoms with Gasteiger partial charge in [-0.1, -0.05) is 0 Å². The van der Waals surface area contributed by atoms with Crippen molar-refractivity contribution >= 4 is 23.4 Å². The number of amides is 3. The molecule has 1 fully saturated rings. The zero-order chi connectivity index (χ0) is 22.4. The molecular formula is C22H31N7O2. The third-order valence-corrected chi connectivity index (χ3v) is 5.23. The molecule has 0 spiro atoms. The molecular weight excluding hydrogens is 394 g/mol. The number of pyridine rings is 2. The monoisotopic (exact) mass is 425 g/mol. The Morgan fingerprint density at radius 3 is 2.45 bits per heavy atom. The summed E-state index contributed by atoms with van der Waals surface area (Å²) >= 11 is 0. The molecule has 3 rings (SSSR count). The van der Waals surface area contributed by atoms with Crippen molar-refractivity contribution in [3.05, 3.63) is 46.9 Å². The molecule has 2 aromatic rings. The number of nitrogens with zero attached hydrogens (tertiary/aromatic N) is 4. The van der Waals surface area contributed by atoms with Crippen molar-refractivity contribution in [3.8, 4) is 0 Å². The van der Waals surface area contributed by atoms with Crippen LogP contribution < -0.4 is 20.9 Å². The first-order valence-corrected chi connectivity index (χ1v) is 10.6. The molecule has 1 aliphatic heterocycles. The first-order valence-electron chi connectivity index (χ1n) is 10.6. The van der Waals surface area contributed by atoms with Crippen LogP contribution >= 0.6 is 0 Å². The van der Waals surface area contributed by atoms with Gasteiger partial charge in [0.15, 0.2) is 0 Å². The maximum Gasteiger partial charge on any atom is 0.320 e. The lowest BCUT2D eigenvalue weighted by Gasteiger charge is -2.36. The number of nitrogens with one attached hydrogen (secondary N) is 3. The highest BCUT2D eigenvalue weighted by Crippen LogP contribution is 2.21. The van der Waals surface area contributed by atoms with Gasteiger partial charge < -0.3 is 15.5 Å². The first kappa shape index (κ1) is 22.5. The zero-order valence-corrected chi connectivity index (χ0v) is 18.7. The van der Waals surface area contributed by atoms with E-state index in [1.54, 1.807) is 13.1 Å². The predicted molar refractivity (Wildman–Crippen MR) is 122 cm³/mol. The molecule has 2 aromatic heterocycles. The number of hydrogen-bond acceptors (Lipinski definition) is 6. The normalized spacial score (nSPS) is 14.3. The van der Waals surface area contributed by atoms with Crippen LogP contribution in [-0.4, -0.2) is 66.6 Å². The number of urea groups is 1. The van der Waals surface area contributed by atoms with Gasteiger partial charge in [-0.3, -0.25) is 15.0 Å². The summed E-state index contributed by atoms with van der Waals surface area (Å²) in [4.78, 5) is 37.1. The highest BCUT2D eigenvalue weighted by molar-refractivity contribution is 5.92. The summed E-state index contributed by atoms with van der Waals surface area (Å²) in [6.07, 6.45) is 0. The molecule has 0 radical (unpaired) electrons. The number of anilines is 2. The highest BCUT2D eigenvalue weighted by atomic mass is 16.2. The zero-order valence-electron chi connectivity index (χ0n) is 18.7. The van der Waals surface area contributed by atoms with E-state index < -0.39 is 0 Å². The lowest BCUT2D eigenvalue weighted by atomic mass is 10.1. The number of carbonyl (C=O) groups is 2. The highest BCUT2D eigenvalue weighted by Gasteiger charge is 2.20. The number of hydrogen-bond donors (Lipinski definition) is 3. The lowest BCUT2D eigenvalue weighted by molar-refractivity contribution is 0.0958. The van der Waals surface area contributed by atoms with Crippen LogP contribution in [0.1, 0.15) is 34.4 Å². The van der Waals surface area contributed by atoms with Crippen molar-refractivity contribution in [1.82, 2.24) is 25.5 Å². The maximum atomic E-state index is 11.8. The number of aryl methyl sites for hydroxylation is 2. The molecule has 0 saturated carbocycles. The van der Waals surface area contributed by atoms with Crippen LogP contribution in [-0.2, 0) is 6.54 Å². The summed E-state index contributed by atoms with van der Waals surface area (Å²) in [6, 6.07) is 7.50. The largest absolute Gasteiger partial charge is 0.368 e. The molecule has 3 heterocycles. The van der Waals surface area contributed by atoms with E-state index in [9.17, 15) is 9.59 Å². The van der Waals surface area contributed by atoms with Gasteiger partial charge in [-0.25, -0.2) is 14.8 Å². The third-order valence-electron chi connectivity index (χ3n) is 5.23. The first-order chi connectivity index (χ1) is 14.9. The number of rotatable bonds is 6. The minimum atomic E-state index is -0.244. The third kappa shape index (κ3) is 5.91. The van der Waals surface area contributed by atoms with E-state index in [1.807, 2.05) is 32.9 Å². The Morgan fingerprint density at radius 2 is 1.81 bits per heavy atom. The van der Waals surface area contributed by atoms with E-state index in [0.29, 0.717) is 18.1 Å². The van der Waals surface area contributed by atoms with Gasteiger partial charge in [0, 0.05) is 52.0 Å². The van der Waals surface area contributed by atoms with Gasteiger partial charge in [-0.2, -0.15) is 0 Å². The van der Waals surface area contributed by atoms with Crippen LogP contribution in [0.15, 0.2) is 24.3 Å². The van der Waals surface area contributed by atoms with Gasteiger partial charge in [0.1, 0.15) is 11.5 Å². The summed E-state index contributed by atoms with van der Waals surface area (Å²) in [6.45, 7) is 10.7. The molecule has 3 N–H and O–H groups in total. The molecule has 0 aromatic carbocycles. The summed E-state index contributed by atoms with van der Waals surface area (Å²) in [5.74, 6) is 0.394. The quantitative estimate of drug-likeness (QED) is 0.654. The Labute approximate surface area is 183 Å². The molecule has 9 heteroatoms. The van der Waals surface area contributed by atoms with Gasteiger partial charge in [-0.15, -0.1) is 0 Å². The van der Waals surface area contributed by atoms with Crippen molar-refractivity contribution < 1.29 is 9.59 Å². The van der Waals surface area contributed by atoms with Gasteiger partial charge in [0.05, 0.1) is 11.4 Å². The van der Waals surface area contributed by atoms with Crippen LogP contribution in [0.25, 0.3) is 0 Å². The molecule has 0 aliphatic carbocycles. The minimum absolute atomic E-state index is 0.173. The van der Waals surface area contributed by atoms with Crippen molar-refractivity contribution in [2.24, 2.45) is 0 Å². The second kappa shape index (κ2) is 10.2. The topological polar surface area (TPSA) is 102 Å². The van der Waals surface area contributed by atoms with Gasteiger partial charge in [-0.05, 0) is 50.6 Å². The lowest BCUT2D eigenvalue weighted by Crippen LogP contribution is -2.46. The van der Waals surface area contributed by atoms with Crippen LogP contribution in [0, 0.1) is 13.8 Å². The smallest absolute Gasteiger partial charge is 0.320 e. The van der Waals surface area contributed by atoms with E-state index in [0.717, 1.165) is 55.4 Å². The van der Waals surface area contributed by atoms with Gasteiger partial charge >= 0.3 is 6.03 Å². The molecule has 0 bridgehead atoms. The van der Waals surface area contributed by atoms with E-state index in [-0.39, 0.29) is 11.9 Å². The van der Waals surface area contributed by atoms with Crippen molar-refractivity contribution in [2.75, 3.05) is 50.0 Å². The SMILES string of the molecule is CCNC(=O)Nc1cc(CN2CCN(c3ccc(C(=O)NC)nc3C)CC2)cc(C)n1. The fraction of sp³-hybridized carbons (Fsp3) is 0.455. The molecule has 1 aliphatic rings. The summed E-state index contributed by atoms with van der Waals surface area (Å²) in [5.41, 5.74) is 4.37. The molecule has 0 unspecified atom stereocenters. The fourth-order valence-corrected chi connectivity index (χ4v) is 3.76. The van der Waals surface area contributed by atoms with Gasteiger partial charge in [0.2, 0.25) is 0 Å². The minimum Gasteiger partial charge on any atom is -0.368 e. The van der Waals surface area contributed by atoms with Crippen LogP contribution in [0.4, 0.5) is 16.3 Å². The molecule has 1 saturated heterocycles. The van der Waals surface area contributed by atoms with Crippen molar-refractivity contribution in [2.45, 2.75) is 27.3 Å². The Bertz CT molecular complexity index is 939. The van der Waals surface area contributed by atoms with E-state index >= 15 is 0 Å². The predicted octanol–water partition coefficient (Wildman–Crippen LogP) is 1.92. The standard InChI is InChI=1S/C22H31N7O2/c1-5-24-22(31)27-20-13-17(12-15(2)25-20)14-28-8-10-29(11-9-28)19-7-6-18(21(30)23-4)26-16(19)3/h6-7,12-13H,5,8-11,14H2,1-4H3,(H,23,30)(H2,24,25,27,31). The maximum absolute atomic E-state index is 11.8. The molecule has 0 atom stereocenters. The number of piperazine rings is 1. The van der Waals surface area contributed by atoms with E-state index in [1.165, 1.54) is 0 Å². The fourth-order valence-electron chi connectivity index (χ4n) is 3.76. The molecule has 3 amide bonds. The summed E-state index contributed by atoms with van der Waals surface area (Å²) in [5, 5.41) is 8.12. The number of aromatic nitrogens is 2. The van der Waals surface area contributed by atoms with Crippen molar-refractivity contribution in [3.63, 3.8) is 0 Å². The van der Waals surface area contributed by atoms with E-state index in [4.69, 9.17) is 0 Å². The second-order valence-corrected chi connectivity index (χ2v) is 7.63. The molecule has 31 heavy (non-hydrogen) atoms. The average Bonchev–Trinajstić information content (AvgIpc) is 2.73. The van der Waals surface area contributed by atoms with Gasteiger partial charge in [0.25, 0.3) is 5.91 Å². The molecule has 9 nitrogen and oxygen atoms in total. The summed E-state index contributed by atoms with van der Waals surface area (Å²) in [7, 11) is 1.61. The Kier molecular flexibility index (Phi) is 7.41. The Hall–Kier alpha value is -3.20. The number of carbonyl (C=O) groups excluding carboxylic acids is 2. The Morgan fingerprint density at radius 1 is 1.06 bits per heavy atom.